The second-order valence-corrected chi connectivity index (χ2v) is 5.58. The first kappa shape index (κ1) is 11.5. The zero-order chi connectivity index (χ0) is 11.7. The molecule has 0 bridgehead atoms. The lowest BCUT2D eigenvalue weighted by Gasteiger charge is -2.32. The Kier molecular flexibility index (Phi) is 3.36. The van der Waals surface area contributed by atoms with Crippen LogP contribution in [0.15, 0.2) is 34.6 Å². The molecule has 1 unspecified atom stereocenters. The van der Waals surface area contributed by atoms with Crippen LogP contribution in [-0.4, -0.2) is 48.7 Å². The highest BCUT2D eigenvalue weighted by Gasteiger charge is 2.26. The maximum atomic E-state index is 5.38. The van der Waals surface area contributed by atoms with Crippen LogP contribution < -0.4 is 0 Å². The standard InChI is InChI=1S/C13H17BrN2O/c14-11-1-2-12-3-4-13(16(12)9-11)10-15-5-7-17-8-6-15/h1-2,4,9,12H,3,5-8,10H2. The normalized spacial score (nSPS) is 29.0. The van der Waals surface area contributed by atoms with Gasteiger partial charge in [-0.25, -0.2) is 0 Å². The minimum atomic E-state index is 0.535. The molecular weight excluding hydrogens is 280 g/mol. The van der Waals surface area contributed by atoms with E-state index in [1.807, 2.05) is 0 Å². The van der Waals surface area contributed by atoms with Crippen molar-refractivity contribution in [1.82, 2.24) is 9.80 Å². The summed E-state index contributed by atoms with van der Waals surface area (Å²) >= 11 is 3.55. The number of halogens is 1. The summed E-state index contributed by atoms with van der Waals surface area (Å²) in [6.07, 6.45) is 10.1. The summed E-state index contributed by atoms with van der Waals surface area (Å²) in [4.78, 5) is 4.86. The lowest BCUT2D eigenvalue weighted by atomic mass is 10.2. The van der Waals surface area contributed by atoms with E-state index in [4.69, 9.17) is 4.74 Å². The van der Waals surface area contributed by atoms with Crippen LogP contribution in [0.25, 0.3) is 0 Å². The van der Waals surface area contributed by atoms with Gasteiger partial charge in [-0.1, -0.05) is 12.2 Å². The number of fused-ring (bicyclic) bond motifs is 1. The Morgan fingerprint density at radius 3 is 3.00 bits per heavy atom. The van der Waals surface area contributed by atoms with Crippen LogP contribution in [0.5, 0.6) is 0 Å². The van der Waals surface area contributed by atoms with E-state index < -0.39 is 0 Å². The van der Waals surface area contributed by atoms with Crippen LogP contribution in [0.3, 0.4) is 0 Å². The summed E-state index contributed by atoms with van der Waals surface area (Å²) in [5, 5.41) is 0. The third kappa shape index (κ3) is 2.49. The lowest BCUT2D eigenvalue weighted by molar-refractivity contribution is 0.0401. The van der Waals surface area contributed by atoms with E-state index in [9.17, 15) is 0 Å². The van der Waals surface area contributed by atoms with Gasteiger partial charge in [0.25, 0.3) is 0 Å². The second kappa shape index (κ2) is 4.96. The molecule has 0 spiro atoms. The molecule has 0 aromatic rings. The number of nitrogens with zero attached hydrogens (tertiary/aromatic N) is 2. The second-order valence-electron chi connectivity index (χ2n) is 4.67. The third-order valence-corrected chi connectivity index (χ3v) is 3.98. The van der Waals surface area contributed by atoms with Gasteiger partial charge >= 0.3 is 0 Å². The molecule has 3 heterocycles. The van der Waals surface area contributed by atoms with Gasteiger partial charge in [0.2, 0.25) is 0 Å². The molecule has 1 fully saturated rings. The first-order valence-corrected chi connectivity index (χ1v) is 6.95. The summed E-state index contributed by atoms with van der Waals surface area (Å²) in [6.45, 7) is 4.89. The molecule has 1 atom stereocenters. The first-order valence-electron chi connectivity index (χ1n) is 6.16. The molecule has 3 nitrogen and oxygen atoms in total. The molecule has 0 amide bonds. The number of rotatable bonds is 2. The van der Waals surface area contributed by atoms with Crippen LogP contribution in [0.2, 0.25) is 0 Å². The molecular formula is C13H17BrN2O. The average molecular weight is 297 g/mol. The van der Waals surface area contributed by atoms with Crippen LogP contribution >= 0.6 is 15.9 Å². The van der Waals surface area contributed by atoms with Crippen molar-refractivity contribution in [3.63, 3.8) is 0 Å². The van der Waals surface area contributed by atoms with E-state index in [2.05, 4.69) is 50.2 Å². The highest BCUT2D eigenvalue weighted by atomic mass is 79.9. The van der Waals surface area contributed by atoms with Gasteiger partial charge in [0, 0.05) is 36.0 Å². The number of hydrogen-bond acceptors (Lipinski definition) is 3. The summed E-state index contributed by atoms with van der Waals surface area (Å²) in [5.74, 6) is 0. The minimum Gasteiger partial charge on any atom is -0.379 e. The van der Waals surface area contributed by atoms with Crippen LogP contribution in [0, 0.1) is 0 Å². The molecule has 3 aliphatic rings. The summed E-state index contributed by atoms with van der Waals surface area (Å²) in [7, 11) is 0. The topological polar surface area (TPSA) is 15.7 Å². The Morgan fingerprint density at radius 2 is 2.18 bits per heavy atom. The van der Waals surface area contributed by atoms with Crippen molar-refractivity contribution in [3.05, 3.63) is 34.6 Å². The van der Waals surface area contributed by atoms with E-state index in [0.29, 0.717) is 6.04 Å². The smallest absolute Gasteiger partial charge is 0.0594 e. The molecule has 3 aliphatic heterocycles. The molecule has 17 heavy (non-hydrogen) atoms. The first-order chi connectivity index (χ1) is 8.33. The van der Waals surface area contributed by atoms with E-state index in [1.54, 1.807) is 0 Å². The van der Waals surface area contributed by atoms with Gasteiger partial charge in [-0.15, -0.1) is 0 Å². The van der Waals surface area contributed by atoms with Gasteiger partial charge in [-0.2, -0.15) is 0 Å². The fourth-order valence-electron chi connectivity index (χ4n) is 2.55. The van der Waals surface area contributed by atoms with E-state index >= 15 is 0 Å². The predicted molar refractivity (Wildman–Crippen MR) is 71.7 cm³/mol. The van der Waals surface area contributed by atoms with E-state index in [0.717, 1.165) is 43.8 Å². The molecule has 92 valence electrons. The molecule has 0 aromatic carbocycles. The van der Waals surface area contributed by atoms with Crippen LogP contribution in [-0.2, 0) is 4.74 Å². The molecule has 4 heteroatoms. The fourth-order valence-corrected chi connectivity index (χ4v) is 2.93. The largest absolute Gasteiger partial charge is 0.379 e. The van der Waals surface area contributed by atoms with E-state index in [1.165, 1.54) is 5.70 Å². The van der Waals surface area contributed by atoms with Gasteiger partial charge in [0.15, 0.2) is 0 Å². The Bertz CT molecular complexity index is 383. The molecule has 0 aliphatic carbocycles. The summed E-state index contributed by atoms with van der Waals surface area (Å²) < 4.78 is 6.54. The SMILES string of the molecule is BrC1=CN2C(CN3CCOCC3)=CCC2C=C1. The molecule has 3 rings (SSSR count). The summed E-state index contributed by atoms with van der Waals surface area (Å²) in [5.41, 5.74) is 1.43. The Hall–Kier alpha value is -0.580. The van der Waals surface area contributed by atoms with Crippen molar-refractivity contribution in [2.24, 2.45) is 0 Å². The number of ether oxygens (including phenoxy) is 1. The Morgan fingerprint density at radius 1 is 1.35 bits per heavy atom. The highest BCUT2D eigenvalue weighted by molar-refractivity contribution is 9.11. The minimum absolute atomic E-state index is 0.535. The molecule has 0 radical (unpaired) electrons. The summed E-state index contributed by atoms with van der Waals surface area (Å²) in [6, 6.07) is 0.535. The van der Waals surface area contributed by atoms with Crippen molar-refractivity contribution in [3.8, 4) is 0 Å². The maximum Gasteiger partial charge on any atom is 0.0594 e. The van der Waals surface area contributed by atoms with Gasteiger partial charge in [0.1, 0.15) is 0 Å². The molecule has 0 saturated carbocycles. The Balaban J connectivity index is 1.66. The van der Waals surface area contributed by atoms with Gasteiger partial charge in [-0.3, -0.25) is 4.90 Å². The van der Waals surface area contributed by atoms with E-state index in [-0.39, 0.29) is 0 Å². The van der Waals surface area contributed by atoms with Gasteiger partial charge < -0.3 is 9.64 Å². The molecule has 0 N–H and O–H groups in total. The predicted octanol–water partition coefficient (Wildman–Crippen LogP) is 2.08. The molecule has 1 saturated heterocycles. The van der Waals surface area contributed by atoms with Crippen molar-refractivity contribution in [2.45, 2.75) is 12.5 Å². The third-order valence-electron chi connectivity index (χ3n) is 3.51. The van der Waals surface area contributed by atoms with Gasteiger partial charge in [-0.05, 0) is 28.4 Å². The van der Waals surface area contributed by atoms with Crippen molar-refractivity contribution < 1.29 is 4.74 Å². The van der Waals surface area contributed by atoms with Crippen LogP contribution in [0.4, 0.5) is 0 Å². The number of morpholine rings is 1. The van der Waals surface area contributed by atoms with Gasteiger partial charge in [0.05, 0.1) is 19.3 Å². The monoisotopic (exact) mass is 296 g/mol. The van der Waals surface area contributed by atoms with Crippen molar-refractivity contribution in [2.75, 3.05) is 32.8 Å². The zero-order valence-electron chi connectivity index (χ0n) is 9.81. The quantitative estimate of drug-likeness (QED) is 0.776. The maximum absolute atomic E-state index is 5.38. The fraction of sp³-hybridized carbons (Fsp3) is 0.538. The number of hydrogen-bond donors (Lipinski definition) is 0. The molecule has 0 aromatic heterocycles. The Labute approximate surface area is 111 Å². The lowest BCUT2D eigenvalue weighted by Crippen LogP contribution is -2.40. The zero-order valence-corrected chi connectivity index (χ0v) is 11.4. The van der Waals surface area contributed by atoms with Crippen molar-refractivity contribution >= 4 is 15.9 Å². The van der Waals surface area contributed by atoms with Crippen LogP contribution in [0.1, 0.15) is 6.42 Å². The highest BCUT2D eigenvalue weighted by Crippen LogP contribution is 2.30. The average Bonchev–Trinajstić information content (AvgIpc) is 2.73. The van der Waals surface area contributed by atoms with Crippen molar-refractivity contribution in [1.29, 1.82) is 0 Å². The number of allylic oxidation sites excluding steroid dienone is 2.